The van der Waals surface area contributed by atoms with Gasteiger partial charge in [-0.3, -0.25) is 10.1 Å². The van der Waals surface area contributed by atoms with Crippen molar-refractivity contribution in [1.82, 2.24) is 4.57 Å². The van der Waals surface area contributed by atoms with Gasteiger partial charge in [-0.1, -0.05) is 35.9 Å². The van der Waals surface area contributed by atoms with Crippen LogP contribution in [0, 0.1) is 10.1 Å². The third kappa shape index (κ3) is 4.32. The molecule has 0 radical (unpaired) electrons. The Hall–Kier alpha value is -2.77. The molecule has 0 spiro atoms. The standard InChI is InChI=1S/C19H17ClN4O2S/c1-3-23-18(14-7-9-16(20)10-8-14)12-27-19(23)22-21-13(2)15-5-4-6-17(11-15)24(25)26/h4-12H,3H2,1-2H3/b21-13-,22-19-. The molecule has 0 bridgehead atoms. The summed E-state index contributed by atoms with van der Waals surface area (Å²) in [7, 11) is 0. The third-order valence-corrected chi connectivity index (χ3v) is 5.12. The van der Waals surface area contributed by atoms with Crippen molar-refractivity contribution in [3.8, 4) is 11.3 Å². The zero-order chi connectivity index (χ0) is 19.4. The maximum absolute atomic E-state index is 10.9. The van der Waals surface area contributed by atoms with Gasteiger partial charge in [-0.05, 0) is 31.5 Å². The van der Waals surface area contributed by atoms with Crippen LogP contribution >= 0.6 is 22.9 Å². The van der Waals surface area contributed by atoms with Crippen LogP contribution in [0.4, 0.5) is 5.69 Å². The molecule has 0 N–H and O–H groups in total. The summed E-state index contributed by atoms with van der Waals surface area (Å²) in [6.07, 6.45) is 0. The van der Waals surface area contributed by atoms with Crippen LogP contribution in [0.25, 0.3) is 11.3 Å². The van der Waals surface area contributed by atoms with Gasteiger partial charge in [0.1, 0.15) is 0 Å². The lowest BCUT2D eigenvalue weighted by Crippen LogP contribution is -2.14. The van der Waals surface area contributed by atoms with Gasteiger partial charge in [0.2, 0.25) is 4.80 Å². The number of rotatable bonds is 5. The second-order valence-electron chi connectivity index (χ2n) is 5.75. The van der Waals surface area contributed by atoms with E-state index in [2.05, 4.69) is 14.8 Å². The predicted molar refractivity (Wildman–Crippen MR) is 109 cm³/mol. The van der Waals surface area contributed by atoms with E-state index in [0.717, 1.165) is 22.6 Å². The quantitative estimate of drug-likeness (QED) is 0.338. The summed E-state index contributed by atoms with van der Waals surface area (Å²) in [5.74, 6) is 0. The molecule has 0 saturated heterocycles. The van der Waals surface area contributed by atoms with Crippen LogP contribution in [0.15, 0.2) is 64.1 Å². The number of hydrogen-bond donors (Lipinski definition) is 0. The highest BCUT2D eigenvalue weighted by atomic mass is 35.5. The van der Waals surface area contributed by atoms with Crippen molar-refractivity contribution in [3.05, 3.63) is 79.4 Å². The van der Waals surface area contributed by atoms with Crippen LogP contribution in [0.2, 0.25) is 5.02 Å². The number of benzene rings is 2. The summed E-state index contributed by atoms with van der Waals surface area (Å²) in [5, 5.41) is 22.3. The van der Waals surface area contributed by atoms with Gasteiger partial charge in [-0.15, -0.1) is 16.4 Å². The molecule has 138 valence electrons. The van der Waals surface area contributed by atoms with Crippen molar-refractivity contribution >= 4 is 34.3 Å². The molecular weight excluding hydrogens is 384 g/mol. The molecule has 1 aromatic heterocycles. The zero-order valence-electron chi connectivity index (χ0n) is 14.8. The van der Waals surface area contributed by atoms with Crippen LogP contribution in [0.5, 0.6) is 0 Å². The average Bonchev–Trinajstić information content (AvgIpc) is 3.09. The molecule has 0 aliphatic heterocycles. The molecule has 0 atom stereocenters. The molecule has 0 fully saturated rings. The van der Waals surface area contributed by atoms with Gasteiger partial charge in [0.05, 0.1) is 16.3 Å². The van der Waals surface area contributed by atoms with Crippen LogP contribution in [-0.2, 0) is 6.54 Å². The summed E-state index contributed by atoms with van der Waals surface area (Å²) in [6.45, 7) is 4.57. The number of non-ortho nitro benzene ring substituents is 1. The lowest BCUT2D eigenvalue weighted by Gasteiger charge is -2.05. The topological polar surface area (TPSA) is 72.8 Å². The Morgan fingerprint density at radius 1 is 1.26 bits per heavy atom. The fourth-order valence-corrected chi connectivity index (χ4v) is 3.64. The molecule has 0 saturated carbocycles. The first-order valence-corrected chi connectivity index (χ1v) is 9.52. The zero-order valence-corrected chi connectivity index (χ0v) is 16.4. The maximum atomic E-state index is 10.9. The first kappa shape index (κ1) is 19.0. The van der Waals surface area contributed by atoms with E-state index in [-0.39, 0.29) is 5.69 Å². The SMILES string of the molecule is CCn1c(-c2ccc(Cl)cc2)cs/c1=N\N=C(\C)c1cccc([N+](=O)[O-])c1. The molecule has 0 amide bonds. The summed E-state index contributed by atoms with van der Waals surface area (Å²) in [4.78, 5) is 11.3. The van der Waals surface area contributed by atoms with E-state index in [1.807, 2.05) is 36.6 Å². The van der Waals surface area contributed by atoms with Crippen molar-refractivity contribution in [2.24, 2.45) is 10.2 Å². The van der Waals surface area contributed by atoms with Crippen molar-refractivity contribution in [2.45, 2.75) is 20.4 Å². The van der Waals surface area contributed by atoms with Gasteiger partial charge < -0.3 is 4.57 Å². The largest absolute Gasteiger partial charge is 0.315 e. The smallest absolute Gasteiger partial charge is 0.270 e. The van der Waals surface area contributed by atoms with Crippen molar-refractivity contribution in [3.63, 3.8) is 0 Å². The fourth-order valence-electron chi connectivity index (χ4n) is 2.59. The number of nitro groups is 1. The van der Waals surface area contributed by atoms with E-state index < -0.39 is 4.92 Å². The Morgan fingerprint density at radius 3 is 2.67 bits per heavy atom. The fraction of sp³-hybridized carbons (Fsp3) is 0.158. The maximum Gasteiger partial charge on any atom is 0.270 e. The lowest BCUT2D eigenvalue weighted by atomic mass is 10.1. The van der Waals surface area contributed by atoms with E-state index in [4.69, 9.17) is 11.6 Å². The van der Waals surface area contributed by atoms with Crippen LogP contribution in [-0.4, -0.2) is 15.2 Å². The predicted octanol–water partition coefficient (Wildman–Crippen LogP) is 5.12. The molecule has 6 nitrogen and oxygen atoms in total. The lowest BCUT2D eigenvalue weighted by molar-refractivity contribution is -0.384. The Labute approximate surface area is 165 Å². The van der Waals surface area contributed by atoms with Gasteiger partial charge in [0.25, 0.3) is 5.69 Å². The van der Waals surface area contributed by atoms with Gasteiger partial charge in [0, 0.05) is 34.6 Å². The van der Waals surface area contributed by atoms with Gasteiger partial charge in [-0.2, -0.15) is 5.10 Å². The monoisotopic (exact) mass is 400 g/mol. The van der Waals surface area contributed by atoms with Crippen molar-refractivity contribution < 1.29 is 4.92 Å². The second-order valence-corrected chi connectivity index (χ2v) is 7.02. The van der Waals surface area contributed by atoms with Gasteiger partial charge >= 0.3 is 0 Å². The van der Waals surface area contributed by atoms with Crippen molar-refractivity contribution in [2.75, 3.05) is 0 Å². The molecule has 0 unspecified atom stereocenters. The molecule has 3 rings (SSSR count). The number of nitrogens with zero attached hydrogens (tertiary/aromatic N) is 4. The van der Waals surface area contributed by atoms with E-state index in [9.17, 15) is 10.1 Å². The highest BCUT2D eigenvalue weighted by molar-refractivity contribution is 7.07. The van der Waals surface area contributed by atoms with Gasteiger partial charge in [-0.25, -0.2) is 0 Å². The minimum atomic E-state index is -0.420. The third-order valence-electron chi connectivity index (χ3n) is 4.01. The van der Waals surface area contributed by atoms with E-state index in [0.29, 0.717) is 16.3 Å². The minimum Gasteiger partial charge on any atom is -0.315 e. The molecule has 0 aliphatic rings. The summed E-state index contributed by atoms with van der Waals surface area (Å²) >= 11 is 7.46. The number of halogens is 1. The first-order valence-electron chi connectivity index (χ1n) is 8.27. The Kier molecular flexibility index (Phi) is 5.83. The second kappa shape index (κ2) is 8.28. The van der Waals surface area contributed by atoms with Crippen LogP contribution in [0.3, 0.4) is 0 Å². The van der Waals surface area contributed by atoms with E-state index in [1.165, 1.54) is 23.5 Å². The number of thiazole rings is 1. The Balaban J connectivity index is 1.97. The normalized spacial score (nSPS) is 12.4. The van der Waals surface area contributed by atoms with E-state index in [1.54, 1.807) is 19.1 Å². The molecule has 3 aromatic rings. The number of nitro benzene ring substituents is 1. The van der Waals surface area contributed by atoms with Crippen LogP contribution in [0.1, 0.15) is 19.4 Å². The van der Waals surface area contributed by atoms with Crippen molar-refractivity contribution in [1.29, 1.82) is 0 Å². The average molecular weight is 401 g/mol. The van der Waals surface area contributed by atoms with E-state index >= 15 is 0 Å². The first-order chi connectivity index (χ1) is 13.0. The molecule has 27 heavy (non-hydrogen) atoms. The van der Waals surface area contributed by atoms with Crippen LogP contribution < -0.4 is 4.80 Å². The number of hydrogen-bond acceptors (Lipinski definition) is 5. The summed E-state index contributed by atoms with van der Waals surface area (Å²) in [6, 6.07) is 14.0. The minimum absolute atomic E-state index is 0.0341. The van der Waals surface area contributed by atoms with Gasteiger partial charge in [0.15, 0.2) is 0 Å². The molecule has 8 heteroatoms. The number of aromatic nitrogens is 1. The highest BCUT2D eigenvalue weighted by Crippen LogP contribution is 2.22. The Morgan fingerprint density at radius 2 is 2.00 bits per heavy atom. The Bertz CT molecular complexity index is 1070. The summed E-state index contributed by atoms with van der Waals surface area (Å²) in [5.41, 5.74) is 3.42. The molecule has 0 aliphatic carbocycles. The molecule has 2 aromatic carbocycles. The molecule has 1 heterocycles. The highest BCUT2D eigenvalue weighted by Gasteiger charge is 2.08. The molecular formula is C19H17ClN4O2S. The summed E-state index contributed by atoms with van der Waals surface area (Å²) < 4.78 is 2.07.